The predicted octanol–water partition coefficient (Wildman–Crippen LogP) is 4.83. The second-order valence-corrected chi connectivity index (χ2v) is 9.40. The van der Waals surface area contributed by atoms with E-state index in [9.17, 15) is 14.4 Å². The summed E-state index contributed by atoms with van der Waals surface area (Å²) >= 11 is 12.3. The molecule has 0 unspecified atom stereocenters. The molecule has 0 fully saturated rings. The van der Waals surface area contributed by atoms with Gasteiger partial charge in [0, 0.05) is 17.8 Å². The molecule has 0 spiro atoms. The minimum atomic E-state index is -0.572. The van der Waals surface area contributed by atoms with Gasteiger partial charge in [0.25, 0.3) is 17.2 Å². The quantitative estimate of drug-likeness (QED) is 0.303. The second-order valence-electron chi connectivity index (χ2n) is 8.58. The van der Waals surface area contributed by atoms with E-state index in [4.69, 9.17) is 23.2 Å². The number of amides is 2. The van der Waals surface area contributed by atoms with Crippen LogP contribution in [0.1, 0.15) is 31.0 Å². The van der Waals surface area contributed by atoms with Crippen LogP contribution < -0.4 is 15.0 Å². The van der Waals surface area contributed by atoms with Crippen molar-refractivity contribution in [2.75, 3.05) is 4.90 Å². The number of carbonyl (C=O) groups excluding carboxylic acids is 2. The molecule has 0 aliphatic carbocycles. The Labute approximate surface area is 216 Å². The summed E-state index contributed by atoms with van der Waals surface area (Å²) in [5, 5.41) is 3.76. The molecular weight excluding hydrogens is 499 g/mol. The summed E-state index contributed by atoms with van der Waals surface area (Å²) in [6, 6.07) is 18.8. The molecule has 2 aromatic heterocycles. The van der Waals surface area contributed by atoms with Gasteiger partial charge in [0.05, 0.1) is 27.0 Å². The van der Waals surface area contributed by atoms with Crippen LogP contribution in [0.5, 0.6) is 0 Å². The summed E-state index contributed by atoms with van der Waals surface area (Å²) in [6.07, 6.45) is 3.35. The number of H-pyrrole nitrogens is 1. The molecule has 0 saturated heterocycles. The molecule has 1 N–H and O–H groups in total. The zero-order valence-corrected chi connectivity index (χ0v) is 20.9. The smallest absolute Gasteiger partial charge is 0.294 e. The van der Waals surface area contributed by atoms with Crippen LogP contribution in [0.3, 0.4) is 0 Å². The molecule has 4 aromatic rings. The van der Waals surface area contributed by atoms with Crippen molar-refractivity contribution in [1.82, 2.24) is 9.78 Å². The van der Waals surface area contributed by atoms with Gasteiger partial charge in [0.2, 0.25) is 0 Å². The minimum absolute atomic E-state index is 0.0313. The first-order chi connectivity index (χ1) is 17.3. The van der Waals surface area contributed by atoms with Crippen LogP contribution >= 0.6 is 23.2 Å². The Morgan fingerprint density at radius 3 is 2.11 bits per heavy atom. The number of aromatic amines is 1. The Bertz CT molecular complexity index is 1590. The maximum atomic E-state index is 13.9. The average molecular weight is 520 g/mol. The van der Waals surface area contributed by atoms with Crippen LogP contribution in [0.4, 0.5) is 5.69 Å². The van der Waals surface area contributed by atoms with Crippen LogP contribution in [0.15, 0.2) is 83.9 Å². The lowest BCUT2D eigenvalue weighted by Crippen LogP contribution is -2.39. The highest BCUT2D eigenvalue weighted by Gasteiger charge is 2.48. The molecule has 0 saturated carbocycles. The van der Waals surface area contributed by atoms with E-state index in [1.807, 2.05) is 13.8 Å². The highest BCUT2D eigenvalue weighted by atomic mass is 35.5. The van der Waals surface area contributed by atoms with Crippen molar-refractivity contribution in [1.29, 1.82) is 0 Å². The Balaban J connectivity index is 1.80. The van der Waals surface area contributed by atoms with E-state index in [1.165, 1.54) is 4.68 Å². The first kappa shape index (κ1) is 23.8. The molecule has 1 aliphatic heterocycles. The van der Waals surface area contributed by atoms with E-state index >= 15 is 0 Å². The van der Waals surface area contributed by atoms with Crippen molar-refractivity contribution in [2.24, 2.45) is 0 Å². The molecule has 1 aliphatic rings. The molecular formula is C27H21Cl2N4O3+. The SMILES string of the molecule is CC(C)c1[nH]n(-c2ccc(Cl)c(Cl)c2)c(=O)c1C1=C([n+]2ccccc2)C(=O)N(c2ccccc2)C1=O. The third-order valence-corrected chi connectivity index (χ3v) is 6.69. The topological polar surface area (TPSA) is 79.1 Å². The van der Waals surface area contributed by atoms with Crippen LogP contribution in [0.2, 0.25) is 10.0 Å². The first-order valence-corrected chi connectivity index (χ1v) is 12.0. The molecule has 5 rings (SSSR count). The largest absolute Gasteiger partial charge is 0.331 e. The van der Waals surface area contributed by atoms with Crippen LogP contribution in [-0.4, -0.2) is 21.6 Å². The van der Waals surface area contributed by atoms with Gasteiger partial charge in [-0.15, -0.1) is 0 Å². The fourth-order valence-corrected chi connectivity index (χ4v) is 4.55. The highest BCUT2D eigenvalue weighted by molar-refractivity contribution is 6.53. The molecule has 36 heavy (non-hydrogen) atoms. The van der Waals surface area contributed by atoms with Gasteiger partial charge in [-0.3, -0.25) is 19.5 Å². The van der Waals surface area contributed by atoms with Crippen molar-refractivity contribution in [3.63, 3.8) is 0 Å². The minimum Gasteiger partial charge on any atom is -0.294 e. The number of imide groups is 1. The predicted molar refractivity (Wildman–Crippen MR) is 139 cm³/mol. The molecule has 180 valence electrons. The number of halogens is 2. The van der Waals surface area contributed by atoms with Gasteiger partial charge in [0.15, 0.2) is 12.4 Å². The molecule has 0 radical (unpaired) electrons. The zero-order valence-electron chi connectivity index (χ0n) is 19.4. The molecule has 0 atom stereocenters. The number of hydrogen-bond acceptors (Lipinski definition) is 3. The normalized spacial score (nSPS) is 13.9. The van der Waals surface area contributed by atoms with Crippen molar-refractivity contribution >= 4 is 52.0 Å². The number of pyridine rings is 1. The van der Waals surface area contributed by atoms with Gasteiger partial charge in [-0.2, -0.15) is 4.57 Å². The van der Waals surface area contributed by atoms with Crippen LogP contribution in [-0.2, 0) is 9.59 Å². The summed E-state index contributed by atoms with van der Waals surface area (Å²) in [6.45, 7) is 3.81. The van der Waals surface area contributed by atoms with Gasteiger partial charge < -0.3 is 0 Å². The van der Waals surface area contributed by atoms with Gasteiger partial charge in [0.1, 0.15) is 5.57 Å². The Morgan fingerprint density at radius 1 is 0.806 bits per heavy atom. The first-order valence-electron chi connectivity index (χ1n) is 11.2. The fraction of sp³-hybridized carbons (Fsp3) is 0.111. The number of nitrogens with one attached hydrogen (secondary N) is 1. The van der Waals surface area contributed by atoms with Gasteiger partial charge in [-0.1, -0.05) is 61.3 Å². The fourth-order valence-electron chi connectivity index (χ4n) is 4.26. The third-order valence-electron chi connectivity index (χ3n) is 5.95. The number of hydrogen-bond donors (Lipinski definition) is 1. The Morgan fingerprint density at radius 2 is 1.47 bits per heavy atom. The van der Waals surface area contributed by atoms with E-state index in [0.29, 0.717) is 22.1 Å². The summed E-state index contributed by atoms with van der Waals surface area (Å²) in [5.41, 5.74) is 1.19. The average Bonchev–Trinajstić information content (AvgIpc) is 3.34. The van der Waals surface area contributed by atoms with E-state index in [1.54, 1.807) is 83.7 Å². The van der Waals surface area contributed by atoms with E-state index in [-0.39, 0.29) is 27.8 Å². The summed E-state index contributed by atoms with van der Waals surface area (Å²) in [7, 11) is 0. The van der Waals surface area contributed by atoms with E-state index < -0.39 is 17.4 Å². The zero-order chi connectivity index (χ0) is 25.6. The summed E-state index contributed by atoms with van der Waals surface area (Å²) in [4.78, 5) is 42.6. The Hall–Kier alpha value is -3.94. The number of aromatic nitrogens is 3. The van der Waals surface area contributed by atoms with Crippen LogP contribution in [0.25, 0.3) is 17.0 Å². The second kappa shape index (κ2) is 9.26. The lowest BCUT2D eigenvalue weighted by molar-refractivity contribution is -0.576. The number of benzene rings is 2. The number of para-hydroxylation sites is 1. The number of rotatable bonds is 5. The number of anilines is 1. The van der Waals surface area contributed by atoms with Gasteiger partial charge in [-0.25, -0.2) is 9.58 Å². The Kier molecular flexibility index (Phi) is 6.12. The van der Waals surface area contributed by atoms with Gasteiger partial charge >= 0.3 is 5.91 Å². The van der Waals surface area contributed by atoms with Crippen molar-refractivity contribution in [2.45, 2.75) is 19.8 Å². The maximum Gasteiger partial charge on any atom is 0.331 e. The maximum absolute atomic E-state index is 13.9. The molecule has 7 nitrogen and oxygen atoms in total. The summed E-state index contributed by atoms with van der Waals surface area (Å²) in [5.74, 6) is -1.26. The summed E-state index contributed by atoms with van der Waals surface area (Å²) < 4.78 is 2.88. The molecule has 3 heterocycles. The lowest BCUT2D eigenvalue weighted by atomic mass is 9.98. The third kappa shape index (κ3) is 3.86. The lowest BCUT2D eigenvalue weighted by Gasteiger charge is -2.13. The molecule has 2 amide bonds. The molecule has 0 bridgehead atoms. The number of carbonyl (C=O) groups is 2. The van der Waals surface area contributed by atoms with E-state index in [2.05, 4.69) is 5.10 Å². The van der Waals surface area contributed by atoms with Crippen LogP contribution in [0, 0.1) is 0 Å². The van der Waals surface area contributed by atoms with E-state index in [0.717, 1.165) is 4.90 Å². The van der Waals surface area contributed by atoms with Crippen molar-refractivity contribution in [3.8, 4) is 5.69 Å². The highest BCUT2D eigenvalue weighted by Crippen LogP contribution is 2.35. The van der Waals surface area contributed by atoms with Crippen molar-refractivity contribution < 1.29 is 14.2 Å². The molecule has 9 heteroatoms. The van der Waals surface area contributed by atoms with Gasteiger partial charge in [-0.05, 0) is 36.2 Å². The molecule has 2 aromatic carbocycles. The monoisotopic (exact) mass is 519 g/mol. The van der Waals surface area contributed by atoms with Crippen molar-refractivity contribution in [3.05, 3.63) is 111 Å². The standard InChI is InChI=1S/C27H20Cl2N4O3/c1-16(2)23-21(26(35)33(30-23)18-11-12-19(28)20(29)15-18)22-24(31-13-7-4-8-14-31)27(36)32(25(22)34)17-9-5-3-6-10-17/h3-16H,1-2H3/p+1. The number of nitrogens with zero attached hydrogens (tertiary/aromatic N) is 3.